The van der Waals surface area contributed by atoms with Crippen LogP contribution in [0.15, 0.2) is 66.2 Å². The van der Waals surface area contributed by atoms with E-state index in [-0.39, 0.29) is 0 Å². The summed E-state index contributed by atoms with van der Waals surface area (Å²) in [6, 6.07) is 18.5. The van der Waals surface area contributed by atoms with E-state index >= 15 is 0 Å². The Labute approximate surface area is 126 Å². The number of fused-ring (bicyclic) bond motifs is 1. The molecule has 4 aromatic rings. The fraction of sp³-hybridized carbons (Fsp3) is 0.0588. The zero-order chi connectivity index (χ0) is 14.1. The summed E-state index contributed by atoms with van der Waals surface area (Å²) in [5, 5.41) is 3.23. The molecule has 4 rings (SSSR count). The minimum atomic E-state index is 0.801. The van der Waals surface area contributed by atoms with Gasteiger partial charge in [-0.1, -0.05) is 30.3 Å². The maximum absolute atomic E-state index is 4.77. The number of aromatic nitrogens is 3. The summed E-state index contributed by atoms with van der Waals surface area (Å²) >= 11 is 1.70. The van der Waals surface area contributed by atoms with E-state index < -0.39 is 0 Å². The quantitative estimate of drug-likeness (QED) is 0.569. The van der Waals surface area contributed by atoms with Gasteiger partial charge in [0.05, 0.1) is 0 Å². The van der Waals surface area contributed by atoms with Gasteiger partial charge in [0.2, 0.25) is 0 Å². The number of pyridine rings is 1. The molecule has 0 fully saturated rings. The number of imidazole rings is 1. The molecule has 3 aromatic heterocycles. The third-order valence-corrected chi connectivity index (χ3v) is 4.27. The average molecular weight is 291 g/mol. The molecule has 0 spiro atoms. The first-order valence-electron chi connectivity index (χ1n) is 6.82. The van der Waals surface area contributed by atoms with Crippen molar-refractivity contribution >= 4 is 22.5 Å². The summed E-state index contributed by atoms with van der Waals surface area (Å²) in [6.07, 6.45) is 2.62. The minimum absolute atomic E-state index is 0.801. The molecule has 0 unspecified atom stereocenters. The van der Waals surface area contributed by atoms with Crippen molar-refractivity contribution in [1.29, 1.82) is 0 Å². The Kier molecular flexibility index (Phi) is 3.01. The molecule has 0 aliphatic carbocycles. The summed E-state index contributed by atoms with van der Waals surface area (Å²) in [7, 11) is 0. The molecule has 0 bridgehead atoms. The lowest BCUT2D eigenvalue weighted by Crippen LogP contribution is -2.01. The van der Waals surface area contributed by atoms with Gasteiger partial charge in [0.1, 0.15) is 16.3 Å². The van der Waals surface area contributed by atoms with Crippen LogP contribution in [-0.2, 0) is 6.42 Å². The standard InChI is InChI=1S/C17H13N3S/c1-2-6-13(7-3-1)12-15-19-14-8-4-10-18-17(14)20(15)16-9-5-11-21-16/h1-11H,12H2. The second-order valence-corrected chi connectivity index (χ2v) is 5.75. The zero-order valence-corrected chi connectivity index (χ0v) is 12.1. The maximum Gasteiger partial charge on any atom is 0.165 e. The van der Waals surface area contributed by atoms with Crippen LogP contribution in [0, 0.1) is 0 Å². The summed E-state index contributed by atoms with van der Waals surface area (Å²) in [4.78, 5) is 9.28. The molecule has 0 saturated heterocycles. The molecule has 0 N–H and O–H groups in total. The van der Waals surface area contributed by atoms with Crippen molar-refractivity contribution in [2.45, 2.75) is 6.42 Å². The number of hydrogen-bond acceptors (Lipinski definition) is 3. The van der Waals surface area contributed by atoms with Gasteiger partial charge >= 0.3 is 0 Å². The fourth-order valence-corrected chi connectivity index (χ4v) is 3.24. The van der Waals surface area contributed by atoms with Crippen molar-refractivity contribution in [1.82, 2.24) is 14.5 Å². The van der Waals surface area contributed by atoms with Crippen LogP contribution in [0.4, 0.5) is 0 Å². The Bertz CT molecular complexity index is 864. The second-order valence-electron chi connectivity index (χ2n) is 4.82. The Morgan fingerprint density at radius 1 is 0.952 bits per heavy atom. The molecule has 3 nitrogen and oxygen atoms in total. The van der Waals surface area contributed by atoms with Gasteiger partial charge in [-0.05, 0) is 35.2 Å². The molecule has 21 heavy (non-hydrogen) atoms. The second kappa shape index (κ2) is 5.14. The lowest BCUT2D eigenvalue weighted by atomic mass is 10.1. The van der Waals surface area contributed by atoms with Crippen LogP contribution in [0.25, 0.3) is 16.2 Å². The summed E-state index contributed by atoms with van der Waals surface area (Å²) < 4.78 is 2.16. The predicted octanol–water partition coefficient (Wildman–Crippen LogP) is 4.07. The fourth-order valence-electron chi connectivity index (χ4n) is 2.49. The molecule has 4 heteroatoms. The van der Waals surface area contributed by atoms with E-state index in [2.05, 4.69) is 51.3 Å². The van der Waals surface area contributed by atoms with Crippen molar-refractivity contribution in [3.63, 3.8) is 0 Å². The Hall–Kier alpha value is -2.46. The van der Waals surface area contributed by atoms with Crippen LogP contribution >= 0.6 is 11.3 Å². The van der Waals surface area contributed by atoms with Crippen molar-refractivity contribution in [3.05, 3.63) is 77.6 Å². The van der Waals surface area contributed by atoms with Crippen LogP contribution < -0.4 is 0 Å². The molecule has 0 atom stereocenters. The van der Waals surface area contributed by atoms with E-state index in [4.69, 9.17) is 4.98 Å². The van der Waals surface area contributed by atoms with Gasteiger partial charge in [0.15, 0.2) is 5.65 Å². The van der Waals surface area contributed by atoms with Crippen LogP contribution in [0.3, 0.4) is 0 Å². The maximum atomic E-state index is 4.77. The lowest BCUT2D eigenvalue weighted by Gasteiger charge is -2.06. The largest absolute Gasteiger partial charge is 0.271 e. The number of rotatable bonds is 3. The number of benzene rings is 1. The van der Waals surface area contributed by atoms with E-state index in [0.717, 1.165) is 28.4 Å². The van der Waals surface area contributed by atoms with Gasteiger partial charge in [-0.3, -0.25) is 4.57 Å². The Morgan fingerprint density at radius 3 is 2.67 bits per heavy atom. The molecule has 0 aliphatic heterocycles. The molecule has 102 valence electrons. The van der Waals surface area contributed by atoms with E-state index in [1.807, 2.05) is 24.4 Å². The Morgan fingerprint density at radius 2 is 1.86 bits per heavy atom. The average Bonchev–Trinajstić information content (AvgIpc) is 3.14. The van der Waals surface area contributed by atoms with Crippen LogP contribution in [-0.4, -0.2) is 14.5 Å². The molecule has 0 aliphatic rings. The number of nitrogens with zero attached hydrogens (tertiary/aromatic N) is 3. The number of hydrogen-bond donors (Lipinski definition) is 0. The summed E-state index contributed by atoms with van der Waals surface area (Å²) in [5.74, 6) is 1.03. The normalized spacial score (nSPS) is 11.0. The SMILES string of the molecule is c1ccc(Cc2nc3cccnc3n2-c2cccs2)cc1. The highest BCUT2D eigenvalue weighted by atomic mass is 32.1. The van der Waals surface area contributed by atoms with Gasteiger partial charge < -0.3 is 0 Å². The Balaban J connectivity index is 1.90. The lowest BCUT2D eigenvalue weighted by molar-refractivity contribution is 0.937. The highest BCUT2D eigenvalue weighted by Crippen LogP contribution is 2.24. The first kappa shape index (κ1) is 12.3. The predicted molar refractivity (Wildman–Crippen MR) is 86.0 cm³/mol. The van der Waals surface area contributed by atoms with Gasteiger partial charge in [-0.25, -0.2) is 9.97 Å². The van der Waals surface area contributed by atoms with Crippen LogP contribution in [0.5, 0.6) is 0 Å². The van der Waals surface area contributed by atoms with Gasteiger partial charge in [0.25, 0.3) is 0 Å². The van der Waals surface area contributed by atoms with Crippen molar-refractivity contribution < 1.29 is 0 Å². The first-order chi connectivity index (χ1) is 10.4. The monoisotopic (exact) mass is 291 g/mol. The number of thiophene rings is 1. The van der Waals surface area contributed by atoms with Crippen molar-refractivity contribution in [2.75, 3.05) is 0 Å². The first-order valence-corrected chi connectivity index (χ1v) is 7.70. The smallest absolute Gasteiger partial charge is 0.165 e. The van der Waals surface area contributed by atoms with Gasteiger partial charge in [-0.15, -0.1) is 11.3 Å². The summed E-state index contributed by atoms with van der Waals surface area (Å²) in [5.41, 5.74) is 3.12. The van der Waals surface area contributed by atoms with Gasteiger partial charge in [0, 0.05) is 12.6 Å². The molecule has 1 aromatic carbocycles. The third kappa shape index (κ3) is 2.23. The van der Waals surface area contributed by atoms with E-state index in [1.54, 1.807) is 11.3 Å². The molecular weight excluding hydrogens is 278 g/mol. The topological polar surface area (TPSA) is 30.7 Å². The molecule has 3 heterocycles. The highest BCUT2D eigenvalue weighted by molar-refractivity contribution is 7.12. The van der Waals surface area contributed by atoms with Crippen molar-refractivity contribution in [2.24, 2.45) is 0 Å². The zero-order valence-electron chi connectivity index (χ0n) is 11.3. The van der Waals surface area contributed by atoms with E-state index in [1.165, 1.54) is 5.56 Å². The molecular formula is C17H13N3S. The van der Waals surface area contributed by atoms with E-state index in [9.17, 15) is 0 Å². The van der Waals surface area contributed by atoms with E-state index in [0.29, 0.717) is 0 Å². The molecule has 0 radical (unpaired) electrons. The van der Waals surface area contributed by atoms with Crippen LogP contribution in [0.2, 0.25) is 0 Å². The molecule has 0 saturated carbocycles. The van der Waals surface area contributed by atoms with Gasteiger partial charge in [-0.2, -0.15) is 0 Å². The highest BCUT2D eigenvalue weighted by Gasteiger charge is 2.14. The van der Waals surface area contributed by atoms with Crippen molar-refractivity contribution in [3.8, 4) is 5.00 Å². The summed E-state index contributed by atoms with van der Waals surface area (Å²) in [6.45, 7) is 0. The van der Waals surface area contributed by atoms with Crippen LogP contribution in [0.1, 0.15) is 11.4 Å². The third-order valence-electron chi connectivity index (χ3n) is 3.42. The molecule has 0 amide bonds. The minimum Gasteiger partial charge on any atom is -0.271 e.